The molecule has 0 amide bonds. The Hall–Kier alpha value is -1.07. The summed E-state index contributed by atoms with van der Waals surface area (Å²) in [6.07, 6.45) is 0.717. The highest BCUT2D eigenvalue weighted by Crippen LogP contribution is 2.28. The van der Waals surface area contributed by atoms with E-state index in [1.807, 2.05) is 37.3 Å². The maximum atomic E-state index is 6.28. The fourth-order valence-corrected chi connectivity index (χ4v) is 3.05. The van der Waals surface area contributed by atoms with Gasteiger partial charge < -0.3 is 4.74 Å². The first-order chi connectivity index (χ1) is 10.0. The average molecular weight is 370 g/mol. The van der Waals surface area contributed by atoms with Gasteiger partial charge in [-0.2, -0.15) is 0 Å². The Labute approximate surface area is 138 Å². The van der Waals surface area contributed by atoms with E-state index in [-0.39, 0.29) is 6.04 Å². The van der Waals surface area contributed by atoms with E-state index in [0.29, 0.717) is 6.42 Å². The van der Waals surface area contributed by atoms with Crippen molar-refractivity contribution in [2.24, 2.45) is 5.84 Å². The van der Waals surface area contributed by atoms with Gasteiger partial charge in [0.1, 0.15) is 5.75 Å². The second-order valence-corrected chi connectivity index (χ2v) is 6.21. The molecule has 0 aliphatic rings. The monoisotopic (exact) mass is 368 g/mol. The predicted octanol–water partition coefficient (Wildman–Crippen LogP) is 4.17. The summed E-state index contributed by atoms with van der Waals surface area (Å²) in [5, 5.41) is 0.731. The standard InChI is InChI=1S/C16H18BrClN2O/c1-10-7-12(4-6-16(10)21-2)15(20-19)8-11-3-5-13(17)9-14(11)18/h3-7,9,15,20H,8,19H2,1-2H3. The zero-order valence-corrected chi connectivity index (χ0v) is 14.3. The van der Waals surface area contributed by atoms with E-state index in [4.69, 9.17) is 22.2 Å². The maximum absolute atomic E-state index is 6.28. The van der Waals surface area contributed by atoms with Crippen LogP contribution in [0.5, 0.6) is 5.75 Å². The summed E-state index contributed by atoms with van der Waals surface area (Å²) in [6.45, 7) is 2.02. The lowest BCUT2D eigenvalue weighted by Gasteiger charge is -2.18. The number of nitrogens with two attached hydrogens (primary N) is 1. The van der Waals surface area contributed by atoms with E-state index in [9.17, 15) is 0 Å². The molecule has 2 rings (SSSR count). The number of nitrogens with one attached hydrogen (secondary N) is 1. The number of hydrazine groups is 1. The van der Waals surface area contributed by atoms with Crippen LogP contribution in [0.15, 0.2) is 40.9 Å². The largest absolute Gasteiger partial charge is 0.496 e. The molecule has 0 saturated carbocycles. The second kappa shape index (κ2) is 7.27. The van der Waals surface area contributed by atoms with Gasteiger partial charge in [0.2, 0.25) is 0 Å². The van der Waals surface area contributed by atoms with Crippen molar-refractivity contribution in [3.63, 3.8) is 0 Å². The molecule has 0 heterocycles. The Balaban J connectivity index is 2.25. The highest BCUT2D eigenvalue weighted by Gasteiger charge is 2.14. The first-order valence-corrected chi connectivity index (χ1v) is 7.77. The van der Waals surface area contributed by atoms with Gasteiger partial charge in [-0.05, 0) is 48.2 Å². The van der Waals surface area contributed by atoms with Gasteiger partial charge >= 0.3 is 0 Å². The zero-order chi connectivity index (χ0) is 15.4. The van der Waals surface area contributed by atoms with Crippen molar-refractivity contribution in [3.8, 4) is 5.75 Å². The van der Waals surface area contributed by atoms with E-state index >= 15 is 0 Å². The van der Waals surface area contributed by atoms with Gasteiger partial charge in [0.25, 0.3) is 0 Å². The Kier molecular flexibility index (Phi) is 5.65. The number of aryl methyl sites for hydroxylation is 1. The molecule has 1 atom stereocenters. The minimum absolute atomic E-state index is 0.00622. The quantitative estimate of drug-likeness (QED) is 0.614. The fraction of sp³-hybridized carbons (Fsp3) is 0.250. The minimum Gasteiger partial charge on any atom is -0.496 e. The molecule has 0 bridgehead atoms. The molecule has 2 aromatic carbocycles. The number of halogens is 2. The molecule has 1 unspecified atom stereocenters. The van der Waals surface area contributed by atoms with Crippen LogP contribution in [0.25, 0.3) is 0 Å². The van der Waals surface area contributed by atoms with Crippen molar-refractivity contribution < 1.29 is 4.74 Å². The van der Waals surface area contributed by atoms with Gasteiger partial charge in [-0.15, -0.1) is 0 Å². The first kappa shape index (κ1) is 16.3. The Morgan fingerprint density at radius 1 is 1.29 bits per heavy atom. The Bertz CT molecular complexity index is 634. The van der Waals surface area contributed by atoms with Gasteiger partial charge in [-0.25, -0.2) is 0 Å². The fourth-order valence-electron chi connectivity index (χ4n) is 2.30. The molecule has 0 aromatic heterocycles. The number of methoxy groups -OCH3 is 1. The molecule has 0 spiro atoms. The molecular weight excluding hydrogens is 352 g/mol. The lowest BCUT2D eigenvalue weighted by atomic mass is 9.97. The lowest BCUT2D eigenvalue weighted by Crippen LogP contribution is -2.29. The van der Waals surface area contributed by atoms with E-state index in [1.165, 1.54) is 0 Å². The number of hydrogen-bond acceptors (Lipinski definition) is 3. The van der Waals surface area contributed by atoms with E-state index in [0.717, 1.165) is 31.9 Å². The van der Waals surface area contributed by atoms with Crippen molar-refractivity contribution in [2.75, 3.05) is 7.11 Å². The topological polar surface area (TPSA) is 47.3 Å². The summed E-state index contributed by atoms with van der Waals surface area (Å²) in [6, 6.07) is 11.9. The Morgan fingerprint density at radius 3 is 2.62 bits per heavy atom. The predicted molar refractivity (Wildman–Crippen MR) is 90.7 cm³/mol. The van der Waals surface area contributed by atoms with Crippen LogP contribution in [-0.4, -0.2) is 7.11 Å². The molecule has 0 aliphatic carbocycles. The Morgan fingerprint density at radius 2 is 2.05 bits per heavy atom. The number of rotatable bonds is 5. The zero-order valence-electron chi connectivity index (χ0n) is 12.0. The number of benzene rings is 2. The van der Waals surface area contributed by atoms with Crippen LogP contribution in [0.4, 0.5) is 0 Å². The van der Waals surface area contributed by atoms with Gasteiger partial charge in [0.05, 0.1) is 13.2 Å². The van der Waals surface area contributed by atoms with Gasteiger partial charge in [0.15, 0.2) is 0 Å². The molecule has 0 fully saturated rings. The van der Waals surface area contributed by atoms with Crippen LogP contribution < -0.4 is 16.0 Å². The summed E-state index contributed by atoms with van der Waals surface area (Å²) in [5.74, 6) is 6.59. The van der Waals surface area contributed by atoms with E-state index in [1.54, 1.807) is 7.11 Å². The third-order valence-corrected chi connectivity index (χ3v) is 4.31. The van der Waals surface area contributed by atoms with Crippen molar-refractivity contribution in [1.29, 1.82) is 0 Å². The summed E-state index contributed by atoms with van der Waals surface area (Å²) >= 11 is 9.69. The van der Waals surface area contributed by atoms with Gasteiger partial charge in [-0.1, -0.05) is 45.7 Å². The molecule has 0 saturated heterocycles. The molecule has 112 valence electrons. The van der Waals surface area contributed by atoms with Crippen molar-refractivity contribution in [2.45, 2.75) is 19.4 Å². The molecule has 0 aliphatic heterocycles. The molecule has 3 N–H and O–H groups in total. The van der Waals surface area contributed by atoms with E-state index < -0.39 is 0 Å². The van der Waals surface area contributed by atoms with Crippen molar-refractivity contribution in [1.82, 2.24) is 5.43 Å². The second-order valence-electron chi connectivity index (χ2n) is 4.89. The van der Waals surface area contributed by atoms with Crippen LogP contribution >= 0.6 is 27.5 Å². The van der Waals surface area contributed by atoms with Crippen LogP contribution in [-0.2, 0) is 6.42 Å². The average Bonchev–Trinajstić information content (AvgIpc) is 2.46. The SMILES string of the molecule is COc1ccc(C(Cc2ccc(Br)cc2Cl)NN)cc1C. The summed E-state index contributed by atoms with van der Waals surface area (Å²) < 4.78 is 6.25. The molecule has 0 radical (unpaired) electrons. The normalized spacial score (nSPS) is 12.2. The lowest BCUT2D eigenvalue weighted by molar-refractivity contribution is 0.411. The summed E-state index contributed by atoms with van der Waals surface area (Å²) in [4.78, 5) is 0. The molecular formula is C16H18BrClN2O. The van der Waals surface area contributed by atoms with Gasteiger partial charge in [0, 0.05) is 9.50 Å². The molecule has 21 heavy (non-hydrogen) atoms. The van der Waals surface area contributed by atoms with Gasteiger partial charge in [-0.3, -0.25) is 11.3 Å². The maximum Gasteiger partial charge on any atom is 0.121 e. The smallest absolute Gasteiger partial charge is 0.121 e. The number of hydrogen-bond donors (Lipinski definition) is 2. The third-order valence-electron chi connectivity index (χ3n) is 3.46. The van der Waals surface area contributed by atoms with Crippen LogP contribution in [0, 0.1) is 6.92 Å². The molecule has 2 aromatic rings. The summed E-state index contributed by atoms with van der Waals surface area (Å²) in [5.41, 5.74) is 6.10. The van der Waals surface area contributed by atoms with Crippen molar-refractivity contribution >= 4 is 27.5 Å². The number of ether oxygens (including phenoxy) is 1. The third kappa shape index (κ3) is 3.98. The molecule has 5 heteroatoms. The first-order valence-electron chi connectivity index (χ1n) is 6.59. The minimum atomic E-state index is -0.00622. The highest BCUT2D eigenvalue weighted by atomic mass is 79.9. The molecule has 3 nitrogen and oxygen atoms in total. The van der Waals surface area contributed by atoms with Crippen LogP contribution in [0.2, 0.25) is 5.02 Å². The summed E-state index contributed by atoms with van der Waals surface area (Å²) in [7, 11) is 1.67. The van der Waals surface area contributed by atoms with E-state index in [2.05, 4.69) is 27.4 Å². The van der Waals surface area contributed by atoms with Crippen LogP contribution in [0.3, 0.4) is 0 Å². The highest BCUT2D eigenvalue weighted by molar-refractivity contribution is 9.10. The van der Waals surface area contributed by atoms with Crippen LogP contribution in [0.1, 0.15) is 22.7 Å². The van der Waals surface area contributed by atoms with Crippen molar-refractivity contribution in [3.05, 3.63) is 62.6 Å².